The SMILES string of the molecule is CC(C)CCNC(=O)Cn1cc(CC(N)C(=O)O)nn1. The molecule has 20 heavy (non-hydrogen) atoms. The quantitative estimate of drug-likeness (QED) is 0.585. The van der Waals surface area contributed by atoms with E-state index in [-0.39, 0.29) is 18.9 Å². The third kappa shape index (κ3) is 5.79. The number of nitrogens with two attached hydrogens (primary N) is 1. The number of rotatable bonds is 8. The molecule has 8 heteroatoms. The van der Waals surface area contributed by atoms with Crippen molar-refractivity contribution < 1.29 is 14.7 Å². The van der Waals surface area contributed by atoms with Gasteiger partial charge < -0.3 is 16.2 Å². The van der Waals surface area contributed by atoms with Crippen LogP contribution in [0.25, 0.3) is 0 Å². The maximum Gasteiger partial charge on any atom is 0.320 e. The molecular formula is C12H21N5O3. The Bertz CT molecular complexity index is 458. The van der Waals surface area contributed by atoms with E-state index in [0.29, 0.717) is 18.2 Å². The number of carboxylic acid groups (broad SMARTS) is 1. The topological polar surface area (TPSA) is 123 Å². The minimum absolute atomic E-state index is 0.0629. The van der Waals surface area contributed by atoms with Crippen LogP contribution in [0, 0.1) is 5.92 Å². The van der Waals surface area contributed by atoms with Crippen molar-refractivity contribution in [2.24, 2.45) is 11.7 Å². The number of carboxylic acids is 1. The third-order valence-corrected chi connectivity index (χ3v) is 2.68. The second-order valence-electron chi connectivity index (χ2n) is 5.09. The van der Waals surface area contributed by atoms with Gasteiger partial charge in [-0.25, -0.2) is 4.68 Å². The molecule has 1 amide bonds. The van der Waals surface area contributed by atoms with E-state index in [0.717, 1.165) is 6.42 Å². The number of hydrogen-bond donors (Lipinski definition) is 3. The lowest BCUT2D eigenvalue weighted by Gasteiger charge is -2.06. The number of nitrogens with one attached hydrogen (secondary N) is 1. The molecule has 0 bridgehead atoms. The van der Waals surface area contributed by atoms with Crippen LogP contribution in [0.3, 0.4) is 0 Å². The number of amides is 1. The van der Waals surface area contributed by atoms with Gasteiger partial charge in [0.05, 0.1) is 5.69 Å². The van der Waals surface area contributed by atoms with Gasteiger partial charge in [0, 0.05) is 19.2 Å². The van der Waals surface area contributed by atoms with Crippen LogP contribution in [0.4, 0.5) is 0 Å². The first-order chi connectivity index (χ1) is 9.38. The summed E-state index contributed by atoms with van der Waals surface area (Å²) in [6.45, 7) is 4.86. The molecule has 0 saturated heterocycles. The molecule has 0 aliphatic heterocycles. The monoisotopic (exact) mass is 283 g/mol. The van der Waals surface area contributed by atoms with E-state index in [2.05, 4.69) is 29.5 Å². The lowest BCUT2D eigenvalue weighted by molar-refractivity contribution is -0.138. The van der Waals surface area contributed by atoms with Crippen LogP contribution in [0.1, 0.15) is 26.0 Å². The molecule has 8 nitrogen and oxygen atoms in total. The van der Waals surface area contributed by atoms with E-state index in [1.807, 2.05) is 0 Å². The maximum atomic E-state index is 11.6. The van der Waals surface area contributed by atoms with E-state index in [9.17, 15) is 9.59 Å². The molecule has 1 aromatic heterocycles. The molecule has 0 fully saturated rings. The molecule has 0 aromatic carbocycles. The second-order valence-corrected chi connectivity index (χ2v) is 5.09. The normalized spacial score (nSPS) is 12.4. The van der Waals surface area contributed by atoms with Crippen molar-refractivity contribution >= 4 is 11.9 Å². The molecule has 1 rings (SSSR count). The smallest absolute Gasteiger partial charge is 0.320 e. The van der Waals surface area contributed by atoms with Gasteiger partial charge in [-0.2, -0.15) is 0 Å². The summed E-state index contributed by atoms with van der Waals surface area (Å²) >= 11 is 0. The molecule has 0 saturated carbocycles. The summed E-state index contributed by atoms with van der Waals surface area (Å²) in [6.07, 6.45) is 2.54. The van der Waals surface area contributed by atoms with Gasteiger partial charge in [-0.3, -0.25) is 9.59 Å². The van der Waals surface area contributed by atoms with E-state index in [1.165, 1.54) is 10.9 Å². The van der Waals surface area contributed by atoms with Crippen molar-refractivity contribution in [1.29, 1.82) is 0 Å². The Balaban J connectivity index is 2.39. The van der Waals surface area contributed by atoms with E-state index in [1.54, 1.807) is 0 Å². The molecule has 1 heterocycles. The van der Waals surface area contributed by atoms with E-state index < -0.39 is 12.0 Å². The summed E-state index contributed by atoms with van der Waals surface area (Å²) in [7, 11) is 0. The third-order valence-electron chi connectivity index (χ3n) is 2.68. The highest BCUT2D eigenvalue weighted by Gasteiger charge is 2.15. The van der Waals surface area contributed by atoms with Crippen LogP contribution < -0.4 is 11.1 Å². The van der Waals surface area contributed by atoms with E-state index in [4.69, 9.17) is 10.8 Å². The van der Waals surface area contributed by atoms with Crippen molar-refractivity contribution in [3.8, 4) is 0 Å². The predicted molar refractivity (Wildman–Crippen MR) is 71.8 cm³/mol. The minimum atomic E-state index is -1.09. The number of aromatic nitrogens is 3. The molecule has 112 valence electrons. The Morgan fingerprint density at radius 3 is 2.80 bits per heavy atom. The molecule has 0 aliphatic carbocycles. The first-order valence-corrected chi connectivity index (χ1v) is 6.52. The van der Waals surface area contributed by atoms with Gasteiger partial charge in [0.1, 0.15) is 12.6 Å². The van der Waals surface area contributed by atoms with Gasteiger partial charge in [-0.1, -0.05) is 19.1 Å². The van der Waals surface area contributed by atoms with Gasteiger partial charge in [0.15, 0.2) is 0 Å². The molecule has 1 atom stereocenters. The van der Waals surface area contributed by atoms with Crippen molar-refractivity contribution in [3.05, 3.63) is 11.9 Å². The van der Waals surface area contributed by atoms with Gasteiger partial charge in [-0.15, -0.1) is 5.10 Å². The zero-order valence-electron chi connectivity index (χ0n) is 11.7. The first kappa shape index (κ1) is 16.1. The Labute approximate surface area is 117 Å². The largest absolute Gasteiger partial charge is 0.480 e. The Morgan fingerprint density at radius 2 is 2.20 bits per heavy atom. The summed E-state index contributed by atoms with van der Waals surface area (Å²) in [5, 5.41) is 19.0. The first-order valence-electron chi connectivity index (χ1n) is 6.52. The molecular weight excluding hydrogens is 262 g/mol. The molecule has 0 aliphatic rings. The molecule has 1 aromatic rings. The number of aliphatic carboxylic acids is 1. The highest BCUT2D eigenvalue weighted by Crippen LogP contribution is 1.99. The molecule has 0 spiro atoms. The fourth-order valence-corrected chi connectivity index (χ4v) is 1.53. The van der Waals surface area contributed by atoms with Crippen LogP contribution in [-0.4, -0.2) is 44.6 Å². The predicted octanol–water partition coefficient (Wildman–Crippen LogP) is -0.605. The number of carbonyl (C=O) groups excluding carboxylic acids is 1. The Kier molecular flexibility index (Phi) is 6.10. The summed E-state index contributed by atoms with van der Waals surface area (Å²) in [5.41, 5.74) is 5.85. The molecule has 4 N–H and O–H groups in total. The fraction of sp³-hybridized carbons (Fsp3) is 0.667. The number of hydrogen-bond acceptors (Lipinski definition) is 5. The number of carbonyl (C=O) groups is 2. The van der Waals surface area contributed by atoms with Gasteiger partial charge >= 0.3 is 5.97 Å². The molecule has 1 unspecified atom stereocenters. The standard InChI is InChI=1S/C12H21N5O3/c1-8(2)3-4-14-11(18)7-17-6-9(15-16-17)5-10(13)12(19)20/h6,8,10H,3-5,7,13H2,1-2H3,(H,14,18)(H,19,20). The highest BCUT2D eigenvalue weighted by molar-refractivity contribution is 5.75. The lowest BCUT2D eigenvalue weighted by Crippen LogP contribution is -2.32. The van der Waals surface area contributed by atoms with E-state index >= 15 is 0 Å². The van der Waals surface area contributed by atoms with Crippen molar-refractivity contribution in [1.82, 2.24) is 20.3 Å². The maximum absolute atomic E-state index is 11.6. The van der Waals surface area contributed by atoms with Crippen LogP contribution in [0.2, 0.25) is 0 Å². The zero-order chi connectivity index (χ0) is 15.1. The van der Waals surface area contributed by atoms with Crippen LogP contribution >= 0.6 is 0 Å². The highest BCUT2D eigenvalue weighted by atomic mass is 16.4. The second kappa shape index (κ2) is 7.59. The minimum Gasteiger partial charge on any atom is -0.480 e. The van der Waals surface area contributed by atoms with Gasteiger partial charge in [0.2, 0.25) is 5.91 Å². The fourth-order valence-electron chi connectivity index (χ4n) is 1.53. The summed E-state index contributed by atoms with van der Waals surface area (Å²) in [6, 6.07) is -1.01. The average Bonchev–Trinajstić information content (AvgIpc) is 2.75. The zero-order valence-corrected chi connectivity index (χ0v) is 11.7. The average molecular weight is 283 g/mol. The van der Waals surface area contributed by atoms with Gasteiger partial charge in [-0.05, 0) is 12.3 Å². The summed E-state index contributed by atoms with van der Waals surface area (Å²) < 4.78 is 1.37. The van der Waals surface area contributed by atoms with Crippen molar-refractivity contribution in [2.75, 3.05) is 6.54 Å². The summed E-state index contributed by atoms with van der Waals surface area (Å²) in [5.74, 6) is -0.707. The molecule has 0 radical (unpaired) electrons. The Morgan fingerprint density at radius 1 is 1.50 bits per heavy atom. The number of nitrogens with zero attached hydrogens (tertiary/aromatic N) is 3. The van der Waals surface area contributed by atoms with Crippen LogP contribution in [0.5, 0.6) is 0 Å². The Hall–Kier alpha value is -1.96. The van der Waals surface area contributed by atoms with Gasteiger partial charge in [0.25, 0.3) is 0 Å². The van der Waals surface area contributed by atoms with Crippen molar-refractivity contribution in [3.63, 3.8) is 0 Å². The lowest BCUT2D eigenvalue weighted by atomic mass is 10.1. The van der Waals surface area contributed by atoms with Crippen molar-refractivity contribution in [2.45, 2.75) is 39.3 Å². The summed E-state index contributed by atoms with van der Waals surface area (Å²) in [4.78, 5) is 22.2. The van der Waals surface area contributed by atoms with Crippen LogP contribution in [0.15, 0.2) is 6.20 Å². The van der Waals surface area contributed by atoms with Crippen LogP contribution in [-0.2, 0) is 22.6 Å².